The van der Waals surface area contributed by atoms with Gasteiger partial charge in [0.15, 0.2) is 0 Å². The summed E-state index contributed by atoms with van der Waals surface area (Å²) < 4.78 is 5.39. The molecule has 0 radical (unpaired) electrons. The topological polar surface area (TPSA) is 79.0 Å². The molecule has 0 bridgehead atoms. The first-order valence-electron chi connectivity index (χ1n) is 6.36. The summed E-state index contributed by atoms with van der Waals surface area (Å²) in [5.41, 5.74) is 1.63. The molecular formula is C13H12N2O4. The van der Waals surface area contributed by atoms with Crippen molar-refractivity contribution in [1.29, 1.82) is 0 Å². The van der Waals surface area contributed by atoms with Gasteiger partial charge in [-0.25, -0.2) is 0 Å². The van der Waals surface area contributed by atoms with E-state index in [0.717, 1.165) is 5.57 Å². The molecule has 3 amide bonds. The number of hydrogen-bond acceptors (Lipinski definition) is 4. The van der Waals surface area contributed by atoms with Gasteiger partial charge in [0.25, 0.3) is 5.91 Å². The zero-order valence-corrected chi connectivity index (χ0v) is 10.1. The Balaban J connectivity index is 1.59. The van der Waals surface area contributed by atoms with Crippen LogP contribution in [0.1, 0.15) is 12.8 Å². The molecule has 0 aromatic rings. The van der Waals surface area contributed by atoms with E-state index in [1.807, 2.05) is 12.2 Å². The van der Waals surface area contributed by atoms with E-state index < -0.39 is 6.04 Å². The number of piperidine rings is 1. The maximum Gasteiger partial charge on any atom is 0.253 e. The fraction of sp³-hybridized carbons (Fsp3) is 0.462. The Kier molecular flexibility index (Phi) is 2.04. The monoisotopic (exact) mass is 260 g/mol. The van der Waals surface area contributed by atoms with Crippen LogP contribution in [-0.2, 0) is 19.1 Å². The molecule has 0 aromatic heterocycles. The van der Waals surface area contributed by atoms with Gasteiger partial charge < -0.3 is 9.64 Å². The number of nitrogens with zero attached hydrogens (tertiary/aromatic N) is 1. The SMILES string of the molecule is O=C1CCC(N2CC3=C(C2=O)C2OC2C=C3)C(=O)N1. The Morgan fingerprint density at radius 2 is 2.16 bits per heavy atom. The van der Waals surface area contributed by atoms with Gasteiger partial charge in [-0.1, -0.05) is 12.2 Å². The van der Waals surface area contributed by atoms with Crippen LogP contribution in [0.15, 0.2) is 23.3 Å². The second-order valence-corrected chi connectivity index (χ2v) is 5.22. The zero-order chi connectivity index (χ0) is 13.1. The van der Waals surface area contributed by atoms with Crippen molar-refractivity contribution >= 4 is 17.7 Å². The number of amides is 3. The molecule has 3 heterocycles. The number of imide groups is 1. The summed E-state index contributed by atoms with van der Waals surface area (Å²) in [5, 5.41) is 2.29. The first-order chi connectivity index (χ1) is 9.15. The third-order valence-corrected chi connectivity index (χ3v) is 4.06. The third kappa shape index (κ3) is 1.49. The lowest BCUT2D eigenvalue weighted by molar-refractivity contribution is -0.142. The fourth-order valence-corrected chi connectivity index (χ4v) is 3.02. The zero-order valence-electron chi connectivity index (χ0n) is 10.1. The highest BCUT2D eigenvalue weighted by Crippen LogP contribution is 2.41. The Morgan fingerprint density at radius 3 is 2.95 bits per heavy atom. The lowest BCUT2D eigenvalue weighted by atomic mass is 10.00. The first kappa shape index (κ1) is 10.9. The lowest BCUT2D eigenvalue weighted by Gasteiger charge is -2.29. The highest BCUT2D eigenvalue weighted by Gasteiger charge is 2.51. The summed E-state index contributed by atoms with van der Waals surface area (Å²) in [6.07, 6.45) is 4.45. The average molecular weight is 260 g/mol. The third-order valence-electron chi connectivity index (χ3n) is 4.06. The van der Waals surface area contributed by atoms with Gasteiger partial charge in [-0.05, 0) is 12.0 Å². The summed E-state index contributed by atoms with van der Waals surface area (Å²) in [4.78, 5) is 36.9. The fourth-order valence-electron chi connectivity index (χ4n) is 3.02. The smallest absolute Gasteiger partial charge is 0.253 e. The van der Waals surface area contributed by atoms with E-state index in [-0.39, 0.29) is 36.4 Å². The summed E-state index contributed by atoms with van der Waals surface area (Å²) in [7, 11) is 0. The molecule has 1 aliphatic carbocycles. The van der Waals surface area contributed by atoms with E-state index in [4.69, 9.17) is 4.74 Å². The predicted molar refractivity (Wildman–Crippen MR) is 62.7 cm³/mol. The molecule has 3 aliphatic heterocycles. The van der Waals surface area contributed by atoms with Crippen molar-refractivity contribution in [3.8, 4) is 0 Å². The number of hydrogen-bond donors (Lipinski definition) is 1. The number of carbonyl (C=O) groups is 3. The molecule has 3 atom stereocenters. The molecule has 1 N–H and O–H groups in total. The quantitative estimate of drug-likeness (QED) is 0.498. The van der Waals surface area contributed by atoms with Crippen molar-refractivity contribution in [3.05, 3.63) is 23.3 Å². The maximum atomic E-state index is 12.4. The second kappa shape index (κ2) is 3.54. The molecule has 98 valence electrons. The van der Waals surface area contributed by atoms with E-state index >= 15 is 0 Å². The largest absolute Gasteiger partial charge is 0.360 e. The maximum absolute atomic E-state index is 12.4. The molecule has 4 rings (SSSR count). The normalized spacial score (nSPS) is 36.3. The molecule has 0 saturated carbocycles. The Hall–Kier alpha value is -1.95. The van der Waals surface area contributed by atoms with Crippen molar-refractivity contribution < 1.29 is 19.1 Å². The van der Waals surface area contributed by atoms with Crippen LogP contribution in [-0.4, -0.2) is 47.4 Å². The van der Waals surface area contributed by atoms with Crippen LogP contribution in [0.25, 0.3) is 0 Å². The Labute approximate surface area is 109 Å². The van der Waals surface area contributed by atoms with Gasteiger partial charge in [-0.2, -0.15) is 0 Å². The summed E-state index contributed by atoms with van der Waals surface area (Å²) in [6, 6.07) is -0.540. The van der Waals surface area contributed by atoms with Gasteiger partial charge in [0.2, 0.25) is 11.8 Å². The lowest BCUT2D eigenvalue weighted by Crippen LogP contribution is -2.53. The van der Waals surface area contributed by atoms with E-state index in [9.17, 15) is 14.4 Å². The highest BCUT2D eigenvalue weighted by molar-refractivity contribution is 6.06. The highest BCUT2D eigenvalue weighted by atomic mass is 16.6. The van der Waals surface area contributed by atoms with Crippen molar-refractivity contribution in [1.82, 2.24) is 10.2 Å². The molecule has 0 aromatic carbocycles. The van der Waals surface area contributed by atoms with Gasteiger partial charge in [0, 0.05) is 13.0 Å². The molecule has 0 spiro atoms. The number of rotatable bonds is 1. The second-order valence-electron chi connectivity index (χ2n) is 5.22. The first-order valence-corrected chi connectivity index (χ1v) is 6.36. The molecule has 6 nitrogen and oxygen atoms in total. The van der Waals surface area contributed by atoms with E-state index in [1.54, 1.807) is 4.90 Å². The molecule has 2 saturated heterocycles. The summed E-state index contributed by atoms with van der Waals surface area (Å²) >= 11 is 0. The molecule has 6 heteroatoms. The van der Waals surface area contributed by atoms with Gasteiger partial charge >= 0.3 is 0 Å². The molecular weight excluding hydrogens is 248 g/mol. The number of epoxide rings is 1. The average Bonchev–Trinajstić information content (AvgIpc) is 3.08. The summed E-state index contributed by atoms with van der Waals surface area (Å²) in [6.45, 7) is 0.434. The number of carbonyl (C=O) groups excluding carboxylic acids is 3. The van der Waals surface area contributed by atoms with E-state index in [2.05, 4.69) is 5.32 Å². The molecule has 19 heavy (non-hydrogen) atoms. The molecule has 2 fully saturated rings. The van der Waals surface area contributed by atoms with Crippen LogP contribution in [0, 0.1) is 0 Å². The Morgan fingerprint density at radius 1 is 1.32 bits per heavy atom. The van der Waals surface area contributed by atoms with Crippen molar-refractivity contribution in [2.24, 2.45) is 0 Å². The summed E-state index contributed by atoms with van der Waals surface area (Å²) in [5.74, 6) is -0.765. The van der Waals surface area contributed by atoms with Gasteiger partial charge in [-0.3, -0.25) is 19.7 Å². The van der Waals surface area contributed by atoms with Crippen LogP contribution >= 0.6 is 0 Å². The van der Waals surface area contributed by atoms with E-state index in [0.29, 0.717) is 18.5 Å². The van der Waals surface area contributed by atoms with Gasteiger partial charge in [-0.15, -0.1) is 0 Å². The van der Waals surface area contributed by atoms with Crippen LogP contribution in [0.5, 0.6) is 0 Å². The standard InChI is InChI=1S/C13H12N2O4/c16-9-4-2-7(12(17)14-9)15-5-6-1-3-8-11(19-8)10(6)13(15)18/h1,3,7-8,11H,2,4-5H2,(H,14,16,17). The van der Waals surface area contributed by atoms with Crippen LogP contribution < -0.4 is 5.32 Å². The van der Waals surface area contributed by atoms with Crippen LogP contribution in [0.2, 0.25) is 0 Å². The van der Waals surface area contributed by atoms with Crippen LogP contribution in [0.3, 0.4) is 0 Å². The number of ether oxygens (including phenoxy) is 1. The molecule has 3 unspecified atom stereocenters. The number of nitrogens with one attached hydrogen (secondary N) is 1. The van der Waals surface area contributed by atoms with Crippen molar-refractivity contribution in [3.63, 3.8) is 0 Å². The van der Waals surface area contributed by atoms with E-state index in [1.165, 1.54) is 0 Å². The minimum atomic E-state index is -0.540. The molecule has 4 aliphatic rings. The number of fused-ring (bicyclic) bond motifs is 2. The van der Waals surface area contributed by atoms with Crippen LogP contribution in [0.4, 0.5) is 0 Å². The van der Waals surface area contributed by atoms with Gasteiger partial charge in [0.05, 0.1) is 5.57 Å². The minimum absolute atomic E-state index is 0.0319. The Bertz CT molecular complexity index is 577. The van der Waals surface area contributed by atoms with Gasteiger partial charge in [0.1, 0.15) is 18.2 Å². The predicted octanol–water partition coefficient (Wildman–Crippen LogP) is -0.732. The minimum Gasteiger partial charge on any atom is -0.360 e. The van der Waals surface area contributed by atoms with Crippen molar-refractivity contribution in [2.45, 2.75) is 31.1 Å². The van der Waals surface area contributed by atoms with Crippen molar-refractivity contribution in [2.75, 3.05) is 6.54 Å².